The van der Waals surface area contributed by atoms with E-state index < -0.39 is 0 Å². The highest BCUT2D eigenvalue weighted by Crippen LogP contribution is 2.14. The number of nitrogens with one attached hydrogen (secondary N) is 2. The summed E-state index contributed by atoms with van der Waals surface area (Å²) in [7, 11) is 0. The van der Waals surface area contributed by atoms with Crippen LogP contribution in [0.2, 0.25) is 0 Å². The molecule has 1 aliphatic rings. The summed E-state index contributed by atoms with van der Waals surface area (Å²) >= 11 is 0. The molecule has 8 nitrogen and oxygen atoms in total. The van der Waals surface area contributed by atoms with Gasteiger partial charge in [0.25, 0.3) is 5.91 Å². The summed E-state index contributed by atoms with van der Waals surface area (Å²) in [4.78, 5) is 24.8. The van der Waals surface area contributed by atoms with Crippen LogP contribution in [0.1, 0.15) is 16.8 Å². The normalized spacial score (nSPS) is 20.3. The lowest BCUT2D eigenvalue weighted by Gasteiger charge is -2.33. The van der Waals surface area contributed by atoms with Gasteiger partial charge in [0.1, 0.15) is 12.1 Å². The summed E-state index contributed by atoms with van der Waals surface area (Å²) in [5.41, 5.74) is 1.55. The van der Waals surface area contributed by atoms with E-state index in [4.69, 9.17) is 4.74 Å². The van der Waals surface area contributed by atoms with Gasteiger partial charge in [-0.25, -0.2) is 15.0 Å². The zero-order chi connectivity index (χ0) is 17.1. The van der Waals surface area contributed by atoms with Crippen LogP contribution < -0.4 is 10.6 Å². The minimum absolute atomic E-state index is 0.0466. The van der Waals surface area contributed by atoms with Gasteiger partial charge >= 0.3 is 0 Å². The van der Waals surface area contributed by atoms with Gasteiger partial charge in [-0.3, -0.25) is 4.79 Å². The van der Waals surface area contributed by atoms with E-state index in [1.807, 2.05) is 10.5 Å². The summed E-state index contributed by atoms with van der Waals surface area (Å²) in [5, 5.41) is 6.41. The van der Waals surface area contributed by atoms with Crippen molar-refractivity contribution in [3.63, 3.8) is 0 Å². The maximum atomic E-state index is 12.6. The molecule has 1 aliphatic heterocycles. The molecule has 1 saturated heterocycles. The smallest absolute Gasteiger partial charge is 0.253 e. The standard InChI is InChI=1S/C17H18N6O2/c24-17(12-1-2-13-7-19-11-23(13)8-12)22-14-4-6-25-9-15(14)21-16-3-5-18-10-20-16/h1-3,5,7-8,10-11,14-15H,4,6,9H2,(H,22,24)(H,18,20,21)/t14-,15+/m0/s1. The van der Waals surface area contributed by atoms with E-state index in [0.29, 0.717) is 24.6 Å². The van der Waals surface area contributed by atoms with Crippen molar-refractivity contribution in [2.24, 2.45) is 0 Å². The summed E-state index contributed by atoms with van der Waals surface area (Å²) in [6.45, 7) is 1.13. The minimum Gasteiger partial charge on any atom is -0.379 e. The Hall–Kier alpha value is -3.00. The molecule has 0 bridgehead atoms. The lowest BCUT2D eigenvalue weighted by Crippen LogP contribution is -2.52. The molecule has 0 spiro atoms. The number of hydrogen-bond acceptors (Lipinski definition) is 6. The Morgan fingerprint density at radius 2 is 2.20 bits per heavy atom. The molecule has 3 aromatic rings. The van der Waals surface area contributed by atoms with Crippen molar-refractivity contribution in [3.05, 3.63) is 55.0 Å². The molecule has 1 amide bonds. The molecule has 3 aromatic heterocycles. The number of pyridine rings is 1. The monoisotopic (exact) mass is 338 g/mol. The van der Waals surface area contributed by atoms with Crippen LogP contribution in [0, 0.1) is 0 Å². The average Bonchev–Trinajstić information content (AvgIpc) is 3.12. The second kappa shape index (κ2) is 6.86. The number of carbonyl (C=O) groups is 1. The van der Waals surface area contributed by atoms with Gasteiger partial charge in [-0.1, -0.05) is 0 Å². The van der Waals surface area contributed by atoms with Crippen LogP contribution in [0.4, 0.5) is 5.82 Å². The Balaban J connectivity index is 1.47. The highest BCUT2D eigenvalue weighted by Gasteiger charge is 2.27. The van der Waals surface area contributed by atoms with Crippen LogP contribution in [0.15, 0.2) is 49.4 Å². The predicted octanol–water partition coefficient (Wildman–Crippen LogP) is 1.12. The van der Waals surface area contributed by atoms with Gasteiger partial charge in [-0.15, -0.1) is 0 Å². The van der Waals surface area contributed by atoms with Gasteiger partial charge in [-0.05, 0) is 24.6 Å². The van der Waals surface area contributed by atoms with Crippen molar-refractivity contribution in [2.75, 3.05) is 18.5 Å². The van der Waals surface area contributed by atoms with E-state index in [0.717, 1.165) is 11.9 Å². The van der Waals surface area contributed by atoms with Gasteiger partial charge in [-0.2, -0.15) is 0 Å². The van der Waals surface area contributed by atoms with Crippen LogP contribution in [-0.2, 0) is 4.74 Å². The first-order chi connectivity index (χ1) is 12.3. The Kier molecular flexibility index (Phi) is 4.26. The molecule has 4 rings (SSSR count). The van der Waals surface area contributed by atoms with E-state index in [1.165, 1.54) is 6.33 Å². The Labute approximate surface area is 144 Å². The summed E-state index contributed by atoms with van der Waals surface area (Å²) < 4.78 is 7.38. The molecule has 0 unspecified atom stereocenters. The Morgan fingerprint density at radius 1 is 1.24 bits per heavy atom. The molecule has 8 heteroatoms. The van der Waals surface area contributed by atoms with Crippen molar-refractivity contribution >= 4 is 17.2 Å². The highest BCUT2D eigenvalue weighted by molar-refractivity contribution is 5.94. The number of amides is 1. The molecule has 0 aromatic carbocycles. The molecule has 0 saturated carbocycles. The fourth-order valence-corrected chi connectivity index (χ4v) is 2.92. The number of imidazole rings is 1. The number of anilines is 1. The average molecular weight is 338 g/mol. The quantitative estimate of drug-likeness (QED) is 0.740. The maximum Gasteiger partial charge on any atom is 0.253 e. The second-order valence-corrected chi connectivity index (χ2v) is 5.93. The Morgan fingerprint density at radius 3 is 3.08 bits per heavy atom. The number of carbonyl (C=O) groups excluding carboxylic acids is 1. The molecule has 0 aliphatic carbocycles. The van der Waals surface area contributed by atoms with E-state index in [1.54, 1.807) is 37.1 Å². The first-order valence-electron chi connectivity index (χ1n) is 8.12. The summed E-state index contributed by atoms with van der Waals surface area (Å²) in [6.07, 6.45) is 9.11. The third-order valence-electron chi connectivity index (χ3n) is 4.26. The van der Waals surface area contributed by atoms with Gasteiger partial charge < -0.3 is 19.8 Å². The van der Waals surface area contributed by atoms with Crippen LogP contribution >= 0.6 is 0 Å². The molecule has 25 heavy (non-hydrogen) atoms. The van der Waals surface area contributed by atoms with Gasteiger partial charge in [0, 0.05) is 19.0 Å². The van der Waals surface area contributed by atoms with Crippen molar-refractivity contribution < 1.29 is 9.53 Å². The van der Waals surface area contributed by atoms with Crippen LogP contribution in [0.25, 0.3) is 5.52 Å². The molecule has 2 atom stereocenters. The van der Waals surface area contributed by atoms with Gasteiger partial charge in [0.2, 0.25) is 0 Å². The largest absolute Gasteiger partial charge is 0.379 e. The fraction of sp³-hybridized carbons (Fsp3) is 0.294. The first-order valence-corrected chi connectivity index (χ1v) is 8.12. The van der Waals surface area contributed by atoms with Crippen LogP contribution in [-0.4, -0.2) is 50.6 Å². The topological polar surface area (TPSA) is 93.4 Å². The van der Waals surface area contributed by atoms with E-state index in [-0.39, 0.29) is 18.0 Å². The second-order valence-electron chi connectivity index (χ2n) is 5.93. The number of nitrogens with zero attached hydrogens (tertiary/aromatic N) is 4. The molecular formula is C17H18N6O2. The van der Waals surface area contributed by atoms with Gasteiger partial charge in [0.15, 0.2) is 0 Å². The van der Waals surface area contributed by atoms with Crippen LogP contribution in [0.3, 0.4) is 0 Å². The fourth-order valence-electron chi connectivity index (χ4n) is 2.92. The van der Waals surface area contributed by atoms with Crippen molar-refractivity contribution in [1.82, 2.24) is 24.7 Å². The zero-order valence-corrected chi connectivity index (χ0v) is 13.5. The number of aromatic nitrogens is 4. The third-order valence-corrected chi connectivity index (χ3v) is 4.26. The van der Waals surface area contributed by atoms with Crippen molar-refractivity contribution in [1.29, 1.82) is 0 Å². The molecule has 0 radical (unpaired) electrons. The summed E-state index contributed by atoms with van der Waals surface area (Å²) in [6, 6.07) is 5.38. The maximum absolute atomic E-state index is 12.6. The minimum atomic E-state index is -0.114. The number of fused-ring (bicyclic) bond motifs is 1. The van der Waals surface area contributed by atoms with E-state index in [9.17, 15) is 4.79 Å². The van der Waals surface area contributed by atoms with Crippen molar-refractivity contribution in [2.45, 2.75) is 18.5 Å². The molecule has 2 N–H and O–H groups in total. The van der Waals surface area contributed by atoms with Crippen molar-refractivity contribution in [3.8, 4) is 0 Å². The first kappa shape index (κ1) is 15.5. The number of ether oxygens (including phenoxy) is 1. The number of hydrogen-bond donors (Lipinski definition) is 2. The third kappa shape index (κ3) is 3.43. The van der Waals surface area contributed by atoms with Crippen LogP contribution in [0.5, 0.6) is 0 Å². The molecular weight excluding hydrogens is 320 g/mol. The van der Waals surface area contributed by atoms with E-state index in [2.05, 4.69) is 25.6 Å². The summed E-state index contributed by atoms with van der Waals surface area (Å²) in [5.74, 6) is 0.599. The SMILES string of the molecule is O=C(N[C@H]1CCOC[C@H]1Nc1ccncn1)c1ccc2cncn2c1. The Bertz CT molecular complexity index is 866. The molecule has 1 fully saturated rings. The highest BCUT2D eigenvalue weighted by atomic mass is 16.5. The molecule has 128 valence electrons. The predicted molar refractivity (Wildman–Crippen MR) is 91.3 cm³/mol. The zero-order valence-electron chi connectivity index (χ0n) is 13.5. The molecule has 4 heterocycles. The lowest BCUT2D eigenvalue weighted by atomic mass is 10.0. The van der Waals surface area contributed by atoms with E-state index >= 15 is 0 Å². The number of rotatable bonds is 4. The lowest BCUT2D eigenvalue weighted by molar-refractivity contribution is 0.0620. The van der Waals surface area contributed by atoms with Gasteiger partial charge in [0.05, 0.1) is 42.3 Å².